The number of aromatic nitrogens is 4. The van der Waals surface area contributed by atoms with Crippen molar-refractivity contribution in [2.45, 2.75) is 83.1 Å². The van der Waals surface area contributed by atoms with Crippen LogP contribution in [0, 0.1) is 40.4 Å². The predicted octanol–water partition coefficient (Wildman–Crippen LogP) is 5.43. The van der Waals surface area contributed by atoms with Crippen molar-refractivity contribution in [3.05, 3.63) is 24.3 Å². The van der Waals surface area contributed by atoms with Gasteiger partial charge in [-0.25, -0.2) is 9.97 Å². The van der Waals surface area contributed by atoms with E-state index in [1.807, 2.05) is 12.4 Å². The van der Waals surface area contributed by atoms with E-state index in [2.05, 4.69) is 32.0 Å². The quantitative estimate of drug-likeness (QED) is 0.487. The third kappa shape index (κ3) is 3.81. The standard InChI is InChI=1S/C29H36N6O/c30-7-5-18-1-3-22(4-2-18)35-25(34-24-16-32-28-23(27(24)35)6-8-31-28)12-26(36)33-17-29-13-19-9-20(14-29)11-21(10-19)15-29/h6,8,16,18-22H,1-5,9-15,17H2,(H,31,32)(H,33,36). The van der Waals surface area contributed by atoms with Crippen LogP contribution in [0.4, 0.5) is 0 Å². The average molecular weight is 485 g/mol. The molecule has 0 unspecified atom stereocenters. The van der Waals surface area contributed by atoms with Crippen molar-refractivity contribution in [2.24, 2.45) is 29.1 Å². The minimum atomic E-state index is 0.0961. The van der Waals surface area contributed by atoms with Gasteiger partial charge in [-0.2, -0.15) is 5.26 Å². The number of fused-ring (bicyclic) bond motifs is 3. The lowest BCUT2D eigenvalue weighted by atomic mass is 9.49. The van der Waals surface area contributed by atoms with E-state index < -0.39 is 0 Å². The molecule has 36 heavy (non-hydrogen) atoms. The zero-order valence-electron chi connectivity index (χ0n) is 21.0. The van der Waals surface area contributed by atoms with Crippen LogP contribution in [-0.2, 0) is 11.2 Å². The fourth-order valence-corrected chi connectivity index (χ4v) is 8.89. The highest BCUT2D eigenvalue weighted by Gasteiger charge is 2.50. The summed E-state index contributed by atoms with van der Waals surface area (Å²) in [5, 5.41) is 13.6. The van der Waals surface area contributed by atoms with Crippen LogP contribution in [-0.4, -0.2) is 32.0 Å². The van der Waals surface area contributed by atoms with Crippen molar-refractivity contribution in [3.63, 3.8) is 0 Å². The smallest absolute Gasteiger partial charge is 0.227 e. The maximum Gasteiger partial charge on any atom is 0.227 e. The molecule has 0 saturated heterocycles. The normalized spacial score (nSPS) is 33.2. The van der Waals surface area contributed by atoms with Crippen LogP contribution in [0.25, 0.3) is 22.1 Å². The van der Waals surface area contributed by atoms with Crippen molar-refractivity contribution in [2.75, 3.05) is 6.54 Å². The first-order valence-corrected chi connectivity index (χ1v) is 14.1. The number of hydrogen-bond donors (Lipinski definition) is 2. The van der Waals surface area contributed by atoms with Crippen LogP contribution >= 0.6 is 0 Å². The molecule has 0 atom stereocenters. The fourth-order valence-electron chi connectivity index (χ4n) is 8.89. The summed E-state index contributed by atoms with van der Waals surface area (Å²) < 4.78 is 2.35. The lowest BCUT2D eigenvalue weighted by molar-refractivity contribution is -0.122. The van der Waals surface area contributed by atoms with Crippen molar-refractivity contribution in [1.29, 1.82) is 5.26 Å². The van der Waals surface area contributed by atoms with Crippen molar-refractivity contribution >= 4 is 28.0 Å². The van der Waals surface area contributed by atoms with Gasteiger partial charge in [0.15, 0.2) is 0 Å². The van der Waals surface area contributed by atoms with Crippen molar-refractivity contribution < 1.29 is 4.79 Å². The number of H-pyrrole nitrogens is 1. The molecule has 0 radical (unpaired) electrons. The molecule has 5 fully saturated rings. The Balaban J connectivity index is 1.14. The third-order valence-electron chi connectivity index (χ3n) is 10.0. The second-order valence-electron chi connectivity index (χ2n) is 12.5. The summed E-state index contributed by atoms with van der Waals surface area (Å²) in [6, 6.07) is 4.72. The summed E-state index contributed by atoms with van der Waals surface area (Å²) in [5.41, 5.74) is 3.16. The zero-order chi connectivity index (χ0) is 24.3. The maximum absolute atomic E-state index is 13.3. The van der Waals surface area contributed by atoms with E-state index in [1.54, 1.807) is 0 Å². The molecular weight excluding hydrogens is 448 g/mol. The average Bonchev–Trinajstić information content (AvgIpc) is 3.47. The molecule has 3 aromatic rings. The van der Waals surface area contributed by atoms with E-state index in [0.29, 0.717) is 30.2 Å². The van der Waals surface area contributed by atoms with E-state index in [-0.39, 0.29) is 5.91 Å². The Bertz CT molecular complexity index is 1300. The first kappa shape index (κ1) is 22.3. The monoisotopic (exact) mass is 484 g/mol. The Morgan fingerprint density at radius 1 is 1.14 bits per heavy atom. The minimum absolute atomic E-state index is 0.0961. The van der Waals surface area contributed by atoms with Gasteiger partial charge in [-0.05, 0) is 99.4 Å². The molecule has 188 valence electrons. The maximum atomic E-state index is 13.3. The van der Waals surface area contributed by atoms with Crippen LogP contribution < -0.4 is 5.32 Å². The fraction of sp³-hybridized carbons (Fsp3) is 0.655. The summed E-state index contributed by atoms with van der Waals surface area (Å²) >= 11 is 0. The Labute approximate surface area is 212 Å². The van der Waals surface area contributed by atoms with Gasteiger partial charge in [0.05, 0.1) is 24.2 Å². The number of amides is 1. The predicted molar refractivity (Wildman–Crippen MR) is 138 cm³/mol. The molecule has 3 aromatic heterocycles. The molecule has 5 aliphatic rings. The van der Waals surface area contributed by atoms with Gasteiger partial charge in [-0.3, -0.25) is 4.79 Å². The van der Waals surface area contributed by atoms with Gasteiger partial charge in [-0.1, -0.05) is 0 Å². The molecule has 3 heterocycles. The number of rotatable bonds is 6. The van der Waals surface area contributed by atoms with E-state index in [4.69, 9.17) is 10.2 Å². The van der Waals surface area contributed by atoms with Gasteiger partial charge in [0, 0.05) is 30.6 Å². The molecule has 5 saturated carbocycles. The lowest BCUT2D eigenvalue weighted by Gasteiger charge is -2.56. The highest BCUT2D eigenvalue weighted by Crippen LogP contribution is 2.59. The summed E-state index contributed by atoms with van der Waals surface area (Å²) in [7, 11) is 0. The van der Waals surface area contributed by atoms with E-state index in [1.165, 1.54) is 38.5 Å². The van der Waals surface area contributed by atoms with Crippen LogP contribution in [0.2, 0.25) is 0 Å². The number of carbonyl (C=O) groups excluding carboxylic acids is 1. The van der Waals surface area contributed by atoms with E-state index in [0.717, 1.165) is 77.9 Å². The Morgan fingerprint density at radius 3 is 2.56 bits per heavy atom. The molecule has 0 aromatic carbocycles. The highest BCUT2D eigenvalue weighted by molar-refractivity contribution is 6.01. The number of aromatic amines is 1. The molecule has 8 rings (SSSR count). The molecular formula is C29H36N6O. The lowest BCUT2D eigenvalue weighted by Crippen LogP contribution is -2.51. The van der Waals surface area contributed by atoms with Crippen LogP contribution in [0.3, 0.4) is 0 Å². The summed E-state index contributed by atoms with van der Waals surface area (Å²) in [6.07, 6.45) is 17.1. The number of imidazole rings is 1. The highest BCUT2D eigenvalue weighted by atomic mass is 16.1. The largest absolute Gasteiger partial charge is 0.355 e. The van der Waals surface area contributed by atoms with Gasteiger partial charge >= 0.3 is 0 Å². The number of nitrogens with one attached hydrogen (secondary N) is 2. The molecule has 5 aliphatic carbocycles. The molecule has 7 nitrogen and oxygen atoms in total. The topological polar surface area (TPSA) is 99.4 Å². The van der Waals surface area contributed by atoms with Crippen molar-refractivity contribution in [1.82, 2.24) is 24.8 Å². The van der Waals surface area contributed by atoms with E-state index >= 15 is 0 Å². The van der Waals surface area contributed by atoms with Crippen molar-refractivity contribution in [3.8, 4) is 6.07 Å². The first-order valence-electron chi connectivity index (χ1n) is 14.1. The number of pyridine rings is 1. The summed E-state index contributed by atoms with van der Waals surface area (Å²) in [5.74, 6) is 4.12. The Morgan fingerprint density at radius 2 is 1.86 bits per heavy atom. The van der Waals surface area contributed by atoms with Gasteiger partial charge < -0.3 is 14.9 Å². The van der Waals surface area contributed by atoms with Crippen LogP contribution in [0.15, 0.2) is 18.5 Å². The van der Waals surface area contributed by atoms with Gasteiger partial charge in [-0.15, -0.1) is 0 Å². The molecule has 4 bridgehead atoms. The second kappa shape index (κ2) is 8.61. The summed E-state index contributed by atoms with van der Waals surface area (Å²) in [6.45, 7) is 0.832. The SMILES string of the molecule is N#CCC1CCC(n2c(CC(=O)NCC34CC5CC(CC(C5)C3)C4)nc3cnc4[nH]ccc4c32)CC1. The molecule has 0 spiro atoms. The van der Waals surface area contributed by atoms with Gasteiger partial charge in [0.2, 0.25) is 5.91 Å². The van der Waals surface area contributed by atoms with Crippen LogP contribution in [0.5, 0.6) is 0 Å². The Kier molecular flexibility index (Phi) is 5.34. The number of carbonyl (C=O) groups is 1. The third-order valence-corrected chi connectivity index (χ3v) is 10.0. The molecule has 7 heteroatoms. The first-order chi connectivity index (χ1) is 17.6. The zero-order valence-corrected chi connectivity index (χ0v) is 21.0. The molecule has 1 amide bonds. The van der Waals surface area contributed by atoms with E-state index in [9.17, 15) is 4.79 Å². The van der Waals surface area contributed by atoms with Gasteiger partial charge in [0.25, 0.3) is 0 Å². The number of nitriles is 1. The molecule has 0 aliphatic heterocycles. The number of nitrogens with zero attached hydrogens (tertiary/aromatic N) is 4. The van der Waals surface area contributed by atoms with Gasteiger partial charge in [0.1, 0.15) is 17.0 Å². The summed E-state index contributed by atoms with van der Waals surface area (Å²) in [4.78, 5) is 26.1. The Hall–Kier alpha value is -2.88. The molecule has 2 N–H and O–H groups in total. The minimum Gasteiger partial charge on any atom is -0.355 e. The van der Waals surface area contributed by atoms with Crippen LogP contribution in [0.1, 0.15) is 82.5 Å². The second-order valence-corrected chi connectivity index (χ2v) is 12.5. The number of hydrogen-bond acceptors (Lipinski definition) is 4.